The number of aryl methyl sites for hydroxylation is 1. The molecular formula is C11H10FN3O4S2. The highest BCUT2D eigenvalue weighted by atomic mass is 32.2. The summed E-state index contributed by atoms with van der Waals surface area (Å²) in [5, 5.41) is 10.5. The molecule has 0 spiro atoms. The number of hydrogen-bond donors (Lipinski definition) is 2. The number of halogens is 1. The molecule has 0 unspecified atom stereocenters. The van der Waals surface area contributed by atoms with E-state index in [0.29, 0.717) is 16.9 Å². The van der Waals surface area contributed by atoms with Crippen molar-refractivity contribution in [1.82, 2.24) is 0 Å². The molecule has 1 aromatic carbocycles. The van der Waals surface area contributed by atoms with Gasteiger partial charge in [-0.1, -0.05) is 11.3 Å². The van der Waals surface area contributed by atoms with Gasteiger partial charge in [-0.15, -0.1) is 0 Å². The Bertz CT molecular complexity index is 817. The van der Waals surface area contributed by atoms with Crippen molar-refractivity contribution in [3.63, 3.8) is 0 Å². The number of nitro groups is 1. The van der Waals surface area contributed by atoms with Crippen LogP contribution >= 0.6 is 11.3 Å². The van der Waals surface area contributed by atoms with Crippen molar-refractivity contribution in [2.24, 2.45) is 0 Å². The Labute approximate surface area is 123 Å². The van der Waals surface area contributed by atoms with Gasteiger partial charge in [0.2, 0.25) is 0 Å². The normalized spacial score (nSPS) is 11.3. The highest BCUT2D eigenvalue weighted by molar-refractivity contribution is 7.94. The number of nitrogens with zero attached hydrogens (tertiary/aromatic N) is 1. The number of benzene rings is 1. The minimum Gasteiger partial charge on any atom is -0.385 e. The predicted octanol–water partition coefficient (Wildman–Crippen LogP) is 2.49. The van der Waals surface area contributed by atoms with E-state index in [1.54, 1.807) is 0 Å². The van der Waals surface area contributed by atoms with E-state index in [9.17, 15) is 22.9 Å². The van der Waals surface area contributed by atoms with Gasteiger partial charge in [0.1, 0.15) is 10.0 Å². The van der Waals surface area contributed by atoms with E-state index in [4.69, 9.17) is 5.73 Å². The Morgan fingerprint density at radius 3 is 2.57 bits per heavy atom. The first kappa shape index (κ1) is 15.2. The fraction of sp³-hybridized carbons (Fsp3) is 0.0909. The lowest BCUT2D eigenvalue weighted by Gasteiger charge is -2.08. The molecule has 0 aliphatic rings. The third-order valence-electron chi connectivity index (χ3n) is 2.61. The van der Waals surface area contributed by atoms with Crippen LogP contribution in [0.25, 0.3) is 0 Å². The molecule has 0 saturated heterocycles. The molecule has 0 atom stereocenters. The van der Waals surface area contributed by atoms with Crippen molar-refractivity contribution in [1.29, 1.82) is 0 Å². The lowest BCUT2D eigenvalue weighted by atomic mass is 10.2. The number of hydrogen-bond acceptors (Lipinski definition) is 6. The summed E-state index contributed by atoms with van der Waals surface area (Å²) in [6, 6.07) is 4.44. The van der Waals surface area contributed by atoms with Gasteiger partial charge in [0.25, 0.3) is 10.0 Å². The van der Waals surface area contributed by atoms with Gasteiger partial charge in [-0.05, 0) is 30.7 Å². The molecule has 2 rings (SSSR count). The lowest BCUT2D eigenvalue weighted by molar-refractivity contribution is -0.383. The van der Waals surface area contributed by atoms with Crippen LogP contribution in [0.5, 0.6) is 0 Å². The molecule has 0 saturated carbocycles. The third kappa shape index (κ3) is 3.11. The summed E-state index contributed by atoms with van der Waals surface area (Å²) in [5.41, 5.74) is 5.53. The first-order valence-corrected chi connectivity index (χ1v) is 7.83. The van der Waals surface area contributed by atoms with Gasteiger partial charge in [0.05, 0.1) is 10.6 Å². The van der Waals surface area contributed by atoms with Crippen LogP contribution in [-0.2, 0) is 10.0 Å². The molecule has 0 bridgehead atoms. The molecule has 2 aromatic rings. The number of nitrogens with two attached hydrogens (primary N) is 1. The molecule has 1 aromatic heterocycles. The Kier molecular flexibility index (Phi) is 3.83. The number of sulfonamides is 1. The van der Waals surface area contributed by atoms with E-state index in [0.717, 1.165) is 12.1 Å². The largest absolute Gasteiger partial charge is 0.385 e. The van der Waals surface area contributed by atoms with E-state index < -0.39 is 26.5 Å². The zero-order chi connectivity index (χ0) is 15.8. The zero-order valence-corrected chi connectivity index (χ0v) is 12.3. The molecule has 0 aliphatic carbocycles. The Morgan fingerprint density at radius 1 is 1.38 bits per heavy atom. The van der Waals surface area contributed by atoms with Crippen LogP contribution in [0.1, 0.15) is 5.56 Å². The maximum atomic E-state index is 13.0. The van der Waals surface area contributed by atoms with Crippen molar-refractivity contribution < 1.29 is 17.7 Å². The second-order valence-corrected chi connectivity index (χ2v) is 7.13. The number of nitrogen functional groups attached to an aromatic ring is 1. The van der Waals surface area contributed by atoms with Crippen LogP contribution in [0, 0.1) is 22.9 Å². The number of anilines is 2. The minimum atomic E-state index is -4.02. The molecule has 10 heteroatoms. The molecule has 7 nitrogen and oxygen atoms in total. The maximum Gasteiger partial charge on any atom is 0.304 e. The average Bonchev–Trinajstić information content (AvgIpc) is 2.76. The fourth-order valence-corrected chi connectivity index (χ4v) is 3.93. The Morgan fingerprint density at radius 2 is 2.05 bits per heavy atom. The first-order chi connectivity index (χ1) is 9.70. The summed E-state index contributed by atoms with van der Waals surface area (Å²) in [7, 11) is -4.02. The molecule has 1 heterocycles. The fourth-order valence-electron chi connectivity index (χ4n) is 1.58. The predicted molar refractivity (Wildman–Crippen MR) is 77.3 cm³/mol. The van der Waals surface area contributed by atoms with Gasteiger partial charge in [0.15, 0.2) is 5.00 Å². The van der Waals surface area contributed by atoms with E-state index in [1.807, 2.05) is 0 Å². The van der Waals surface area contributed by atoms with Crippen molar-refractivity contribution in [3.05, 3.63) is 45.8 Å². The SMILES string of the molecule is Cc1cc(F)ccc1NS(=O)(=O)c1cc([N+](=O)[O-])c(N)s1. The van der Waals surface area contributed by atoms with Crippen LogP contribution < -0.4 is 10.5 Å². The van der Waals surface area contributed by atoms with Crippen LogP contribution in [0.15, 0.2) is 28.5 Å². The second kappa shape index (κ2) is 5.30. The molecular weight excluding hydrogens is 321 g/mol. The second-order valence-electron chi connectivity index (χ2n) is 4.14. The van der Waals surface area contributed by atoms with Crippen molar-refractivity contribution >= 4 is 37.7 Å². The number of nitrogens with one attached hydrogen (secondary N) is 1. The summed E-state index contributed by atoms with van der Waals surface area (Å²) in [6.45, 7) is 1.53. The van der Waals surface area contributed by atoms with Crippen molar-refractivity contribution in [3.8, 4) is 0 Å². The maximum absolute atomic E-state index is 13.0. The topological polar surface area (TPSA) is 115 Å². The number of thiophene rings is 1. The zero-order valence-electron chi connectivity index (χ0n) is 10.7. The Balaban J connectivity index is 2.38. The lowest BCUT2D eigenvalue weighted by Crippen LogP contribution is -2.12. The smallest absolute Gasteiger partial charge is 0.304 e. The van der Waals surface area contributed by atoms with Gasteiger partial charge >= 0.3 is 5.69 Å². The van der Waals surface area contributed by atoms with Gasteiger partial charge in [0, 0.05) is 6.07 Å². The highest BCUT2D eigenvalue weighted by Gasteiger charge is 2.25. The standard InChI is InChI=1S/C11H10FN3O4S2/c1-6-4-7(12)2-3-8(6)14-21(18,19)10-5-9(15(16)17)11(13)20-10/h2-5,14H,13H2,1H3. The van der Waals surface area contributed by atoms with Crippen LogP contribution in [0.4, 0.5) is 20.8 Å². The van der Waals surface area contributed by atoms with Crippen LogP contribution in [-0.4, -0.2) is 13.3 Å². The van der Waals surface area contributed by atoms with Gasteiger partial charge in [-0.2, -0.15) is 0 Å². The molecule has 0 amide bonds. The van der Waals surface area contributed by atoms with E-state index in [-0.39, 0.29) is 14.9 Å². The summed E-state index contributed by atoms with van der Waals surface area (Å²) in [5.74, 6) is -0.494. The molecule has 0 aliphatic heterocycles. The minimum absolute atomic E-state index is 0.186. The van der Waals surface area contributed by atoms with E-state index >= 15 is 0 Å². The highest BCUT2D eigenvalue weighted by Crippen LogP contribution is 2.35. The van der Waals surface area contributed by atoms with E-state index in [2.05, 4.69) is 4.72 Å². The molecule has 0 radical (unpaired) electrons. The van der Waals surface area contributed by atoms with Gasteiger partial charge in [-0.25, -0.2) is 12.8 Å². The molecule has 21 heavy (non-hydrogen) atoms. The Hall–Kier alpha value is -2.20. The third-order valence-corrected chi connectivity index (χ3v) is 5.40. The molecule has 112 valence electrons. The van der Waals surface area contributed by atoms with Gasteiger partial charge < -0.3 is 5.73 Å². The average molecular weight is 331 g/mol. The number of rotatable bonds is 4. The summed E-state index contributed by atoms with van der Waals surface area (Å²) >= 11 is 0.589. The van der Waals surface area contributed by atoms with Crippen molar-refractivity contribution in [2.45, 2.75) is 11.1 Å². The monoisotopic (exact) mass is 331 g/mol. The van der Waals surface area contributed by atoms with Crippen molar-refractivity contribution in [2.75, 3.05) is 10.5 Å². The molecule has 0 fully saturated rings. The summed E-state index contributed by atoms with van der Waals surface area (Å²) in [6.07, 6.45) is 0. The quantitative estimate of drug-likeness (QED) is 0.659. The van der Waals surface area contributed by atoms with Gasteiger partial charge in [-0.3, -0.25) is 14.8 Å². The molecule has 3 N–H and O–H groups in total. The van der Waals surface area contributed by atoms with Crippen LogP contribution in [0.2, 0.25) is 0 Å². The first-order valence-electron chi connectivity index (χ1n) is 5.53. The van der Waals surface area contributed by atoms with Crippen LogP contribution in [0.3, 0.4) is 0 Å². The van der Waals surface area contributed by atoms with E-state index in [1.165, 1.54) is 19.1 Å². The summed E-state index contributed by atoms with van der Waals surface area (Å²) < 4.78 is 39.3. The summed E-state index contributed by atoms with van der Waals surface area (Å²) in [4.78, 5) is 9.93.